The van der Waals surface area contributed by atoms with Crippen LogP contribution in [-0.4, -0.2) is 36.6 Å². The van der Waals surface area contributed by atoms with Gasteiger partial charge in [0, 0.05) is 6.07 Å². The second kappa shape index (κ2) is 6.52. The highest BCUT2D eigenvalue weighted by molar-refractivity contribution is 5.46. The summed E-state index contributed by atoms with van der Waals surface area (Å²) in [4.78, 5) is 12.8. The van der Waals surface area contributed by atoms with Crippen molar-refractivity contribution in [3.05, 3.63) is 46.5 Å². The third-order valence-electron chi connectivity index (χ3n) is 3.72. The van der Waals surface area contributed by atoms with E-state index >= 15 is 0 Å². The van der Waals surface area contributed by atoms with E-state index in [9.17, 15) is 10.1 Å². The highest BCUT2D eigenvalue weighted by Gasteiger charge is 2.23. The molecule has 5 heteroatoms. The van der Waals surface area contributed by atoms with E-state index < -0.39 is 0 Å². The molecule has 1 aliphatic rings. The molecule has 0 saturated carbocycles. The Bertz CT molecular complexity index is 494. The minimum Gasteiger partial charge on any atom is -0.489 e. The molecule has 1 aromatic carbocycles. The SMILES string of the molecule is C=CCOc1cc([N+](=O)[O-])ccc1C1CCN(C)CC1. The zero-order valence-corrected chi connectivity index (χ0v) is 11.7. The lowest BCUT2D eigenvalue weighted by Gasteiger charge is -2.30. The van der Waals surface area contributed by atoms with Crippen molar-refractivity contribution in [2.45, 2.75) is 18.8 Å². The molecule has 0 amide bonds. The standard InChI is InChI=1S/C15H20N2O3/c1-3-10-20-15-11-13(17(18)19)4-5-14(15)12-6-8-16(2)9-7-12/h3-5,11-12H,1,6-10H2,2H3. The van der Waals surface area contributed by atoms with Gasteiger partial charge >= 0.3 is 0 Å². The molecule has 0 bridgehead atoms. The zero-order valence-electron chi connectivity index (χ0n) is 11.7. The molecule has 0 radical (unpaired) electrons. The molecule has 1 fully saturated rings. The topological polar surface area (TPSA) is 55.6 Å². The monoisotopic (exact) mass is 276 g/mol. The molecule has 108 valence electrons. The molecular formula is C15H20N2O3. The van der Waals surface area contributed by atoms with Gasteiger partial charge in [0.1, 0.15) is 12.4 Å². The molecule has 1 saturated heterocycles. The number of nitro benzene ring substituents is 1. The first kappa shape index (κ1) is 14.5. The van der Waals surface area contributed by atoms with E-state index in [-0.39, 0.29) is 10.6 Å². The summed E-state index contributed by atoms with van der Waals surface area (Å²) in [7, 11) is 2.11. The molecule has 1 aromatic rings. The van der Waals surface area contributed by atoms with E-state index in [0.717, 1.165) is 31.5 Å². The van der Waals surface area contributed by atoms with E-state index in [2.05, 4.69) is 18.5 Å². The second-order valence-electron chi connectivity index (χ2n) is 5.16. The van der Waals surface area contributed by atoms with Crippen LogP contribution in [0.25, 0.3) is 0 Å². The number of likely N-dealkylation sites (tertiary alicyclic amines) is 1. The second-order valence-corrected chi connectivity index (χ2v) is 5.16. The fourth-order valence-corrected chi connectivity index (χ4v) is 2.57. The van der Waals surface area contributed by atoms with Crippen LogP contribution in [0.3, 0.4) is 0 Å². The quantitative estimate of drug-likeness (QED) is 0.471. The molecule has 0 aromatic heterocycles. The van der Waals surface area contributed by atoms with Crippen molar-refractivity contribution in [2.75, 3.05) is 26.7 Å². The Kier molecular flexibility index (Phi) is 4.74. The van der Waals surface area contributed by atoms with Crippen LogP contribution < -0.4 is 4.74 Å². The molecule has 5 nitrogen and oxygen atoms in total. The summed E-state index contributed by atoms with van der Waals surface area (Å²) < 4.78 is 5.62. The third-order valence-corrected chi connectivity index (χ3v) is 3.72. The van der Waals surface area contributed by atoms with Gasteiger partial charge in [0.15, 0.2) is 0 Å². The molecule has 1 aliphatic heterocycles. The lowest BCUT2D eigenvalue weighted by molar-refractivity contribution is -0.385. The Labute approximate surface area is 119 Å². The first-order chi connectivity index (χ1) is 9.61. The van der Waals surface area contributed by atoms with Crippen molar-refractivity contribution >= 4 is 5.69 Å². The fraction of sp³-hybridized carbons (Fsp3) is 0.467. The van der Waals surface area contributed by atoms with E-state index in [4.69, 9.17) is 4.74 Å². The summed E-state index contributed by atoms with van der Waals surface area (Å²) in [5.74, 6) is 1.03. The highest BCUT2D eigenvalue weighted by Crippen LogP contribution is 2.36. The van der Waals surface area contributed by atoms with Crippen LogP contribution in [0.15, 0.2) is 30.9 Å². The van der Waals surface area contributed by atoms with Crippen LogP contribution in [0.1, 0.15) is 24.3 Å². The van der Waals surface area contributed by atoms with Gasteiger partial charge in [-0.25, -0.2) is 0 Å². The van der Waals surface area contributed by atoms with Crippen LogP contribution in [0.4, 0.5) is 5.69 Å². The number of nitro groups is 1. The molecule has 0 atom stereocenters. The maximum atomic E-state index is 10.9. The molecule has 0 N–H and O–H groups in total. The summed E-state index contributed by atoms with van der Waals surface area (Å²) in [6.07, 6.45) is 3.76. The number of non-ortho nitro benzene ring substituents is 1. The van der Waals surface area contributed by atoms with Gasteiger partial charge in [-0.2, -0.15) is 0 Å². The Morgan fingerprint density at radius 3 is 2.80 bits per heavy atom. The Hall–Kier alpha value is -1.88. The fourth-order valence-electron chi connectivity index (χ4n) is 2.57. The van der Waals surface area contributed by atoms with E-state index in [1.165, 1.54) is 6.07 Å². The van der Waals surface area contributed by atoms with Crippen molar-refractivity contribution in [3.63, 3.8) is 0 Å². The van der Waals surface area contributed by atoms with E-state index in [1.807, 2.05) is 6.07 Å². The number of nitrogens with zero attached hydrogens (tertiary/aromatic N) is 2. The molecule has 2 rings (SSSR count). The summed E-state index contributed by atoms with van der Waals surface area (Å²) in [6.45, 7) is 6.07. The largest absolute Gasteiger partial charge is 0.489 e. The molecule has 20 heavy (non-hydrogen) atoms. The van der Waals surface area contributed by atoms with E-state index in [0.29, 0.717) is 18.3 Å². The molecule has 1 heterocycles. The Morgan fingerprint density at radius 1 is 1.50 bits per heavy atom. The van der Waals surface area contributed by atoms with Gasteiger partial charge < -0.3 is 9.64 Å². The number of piperidine rings is 1. The molecule has 0 aliphatic carbocycles. The maximum Gasteiger partial charge on any atom is 0.273 e. The van der Waals surface area contributed by atoms with Gasteiger partial charge in [0.2, 0.25) is 0 Å². The summed E-state index contributed by atoms with van der Waals surface area (Å²) in [5.41, 5.74) is 1.14. The molecule has 0 spiro atoms. The average molecular weight is 276 g/mol. The van der Waals surface area contributed by atoms with Crippen molar-refractivity contribution in [3.8, 4) is 5.75 Å². The average Bonchev–Trinajstić information content (AvgIpc) is 2.45. The zero-order chi connectivity index (χ0) is 14.5. The number of rotatable bonds is 5. The normalized spacial score (nSPS) is 16.9. The van der Waals surface area contributed by atoms with E-state index in [1.54, 1.807) is 12.1 Å². The molecule has 0 unspecified atom stereocenters. The number of hydrogen-bond acceptors (Lipinski definition) is 4. The predicted octanol–water partition coefficient (Wildman–Crippen LogP) is 2.97. The lowest BCUT2D eigenvalue weighted by atomic mass is 9.89. The van der Waals surface area contributed by atoms with Gasteiger partial charge in [-0.05, 0) is 50.5 Å². The van der Waals surface area contributed by atoms with Gasteiger partial charge in [-0.15, -0.1) is 0 Å². The first-order valence-electron chi connectivity index (χ1n) is 6.82. The third kappa shape index (κ3) is 3.36. The Balaban J connectivity index is 2.25. The van der Waals surface area contributed by atoms with Crippen LogP contribution >= 0.6 is 0 Å². The number of benzene rings is 1. The predicted molar refractivity (Wildman–Crippen MR) is 78.3 cm³/mol. The first-order valence-corrected chi connectivity index (χ1v) is 6.82. The number of hydrogen-bond donors (Lipinski definition) is 0. The lowest BCUT2D eigenvalue weighted by Crippen LogP contribution is -2.29. The van der Waals surface area contributed by atoms with Crippen molar-refractivity contribution in [1.29, 1.82) is 0 Å². The Morgan fingerprint density at radius 2 is 2.20 bits per heavy atom. The molecular weight excluding hydrogens is 256 g/mol. The maximum absolute atomic E-state index is 10.9. The van der Waals surface area contributed by atoms with Crippen LogP contribution in [0.5, 0.6) is 5.75 Å². The minimum atomic E-state index is -0.390. The van der Waals surface area contributed by atoms with Crippen molar-refractivity contribution in [2.24, 2.45) is 0 Å². The van der Waals surface area contributed by atoms with Crippen LogP contribution in [-0.2, 0) is 0 Å². The smallest absolute Gasteiger partial charge is 0.273 e. The van der Waals surface area contributed by atoms with Crippen LogP contribution in [0.2, 0.25) is 0 Å². The minimum absolute atomic E-state index is 0.0701. The van der Waals surface area contributed by atoms with Crippen molar-refractivity contribution < 1.29 is 9.66 Å². The summed E-state index contributed by atoms with van der Waals surface area (Å²) >= 11 is 0. The number of ether oxygens (including phenoxy) is 1. The van der Waals surface area contributed by atoms with Crippen LogP contribution in [0, 0.1) is 10.1 Å². The van der Waals surface area contributed by atoms with Gasteiger partial charge in [-0.3, -0.25) is 10.1 Å². The van der Waals surface area contributed by atoms with Crippen molar-refractivity contribution in [1.82, 2.24) is 4.90 Å². The summed E-state index contributed by atoms with van der Waals surface area (Å²) in [5, 5.41) is 10.9. The van der Waals surface area contributed by atoms with Gasteiger partial charge in [-0.1, -0.05) is 12.7 Å². The van der Waals surface area contributed by atoms with Gasteiger partial charge in [0.05, 0.1) is 11.0 Å². The van der Waals surface area contributed by atoms with Gasteiger partial charge in [0.25, 0.3) is 5.69 Å². The highest BCUT2D eigenvalue weighted by atomic mass is 16.6. The summed E-state index contributed by atoms with van der Waals surface area (Å²) in [6, 6.07) is 4.93.